The molecule has 0 fully saturated rings. The average Bonchev–Trinajstić information content (AvgIpc) is 2.46. The zero-order chi connectivity index (χ0) is 15.4. The second-order valence-corrected chi connectivity index (χ2v) is 5.06. The Hall–Kier alpha value is -2.07. The van der Waals surface area contributed by atoms with Gasteiger partial charge in [-0.3, -0.25) is 0 Å². The number of ether oxygens (including phenoxy) is 1. The van der Waals surface area contributed by atoms with Crippen LogP contribution in [0.4, 0.5) is 10.1 Å². The molecule has 0 spiro atoms. The number of hydrogen-bond acceptors (Lipinski definition) is 3. The third kappa shape index (κ3) is 3.52. The van der Waals surface area contributed by atoms with Crippen LogP contribution in [0.1, 0.15) is 24.2 Å². The first-order valence-electron chi connectivity index (χ1n) is 6.83. The van der Waals surface area contributed by atoms with Gasteiger partial charge in [-0.1, -0.05) is 24.3 Å². The van der Waals surface area contributed by atoms with Crippen molar-refractivity contribution in [2.75, 3.05) is 19.1 Å². The van der Waals surface area contributed by atoms with Crippen LogP contribution in [0.2, 0.25) is 0 Å². The van der Waals surface area contributed by atoms with Crippen LogP contribution in [0.3, 0.4) is 0 Å². The number of anilines is 1. The van der Waals surface area contributed by atoms with Crippen LogP contribution in [-0.2, 0) is 6.54 Å². The van der Waals surface area contributed by atoms with Gasteiger partial charge in [0, 0.05) is 19.2 Å². The van der Waals surface area contributed by atoms with Crippen LogP contribution in [0, 0.1) is 5.82 Å². The Labute approximate surface area is 124 Å². The Morgan fingerprint density at radius 2 is 1.95 bits per heavy atom. The first kappa shape index (κ1) is 15.3. The van der Waals surface area contributed by atoms with E-state index in [1.807, 2.05) is 31.3 Å². The van der Waals surface area contributed by atoms with Gasteiger partial charge in [0.15, 0.2) is 0 Å². The number of para-hydroxylation sites is 1. The summed E-state index contributed by atoms with van der Waals surface area (Å²) in [6.45, 7) is 2.16. The van der Waals surface area contributed by atoms with E-state index in [0.717, 1.165) is 11.3 Å². The minimum absolute atomic E-state index is 0.334. The number of aliphatic hydroxyl groups excluding tert-OH is 1. The van der Waals surface area contributed by atoms with Crippen molar-refractivity contribution in [3.63, 3.8) is 0 Å². The molecule has 1 N–H and O–H groups in total. The van der Waals surface area contributed by atoms with Crippen molar-refractivity contribution < 1.29 is 14.2 Å². The van der Waals surface area contributed by atoms with Gasteiger partial charge in [0.25, 0.3) is 0 Å². The first-order chi connectivity index (χ1) is 10.0. The second kappa shape index (κ2) is 6.59. The Kier molecular flexibility index (Phi) is 4.81. The van der Waals surface area contributed by atoms with Gasteiger partial charge in [0.05, 0.1) is 18.9 Å². The number of methoxy groups -OCH3 is 1. The number of nitrogens with zero attached hydrogens (tertiary/aromatic N) is 1. The molecule has 0 saturated heterocycles. The number of rotatable bonds is 5. The lowest BCUT2D eigenvalue weighted by Gasteiger charge is -2.24. The molecule has 0 amide bonds. The molecule has 2 aromatic carbocycles. The quantitative estimate of drug-likeness (QED) is 0.914. The van der Waals surface area contributed by atoms with E-state index in [1.165, 1.54) is 6.07 Å². The minimum atomic E-state index is -0.719. The molecule has 0 aromatic heterocycles. The molecule has 2 aromatic rings. The van der Waals surface area contributed by atoms with Gasteiger partial charge in [0.2, 0.25) is 0 Å². The topological polar surface area (TPSA) is 32.7 Å². The maximum atomic E-state index is 14.1. The van der Waals surface area contributed by atoms with Crippen molar-refractivity contribution >= 4 is 5.69 Å². The van der Waals surface area contributed by atoms with Crippen molar-refractivity contribution in [2.45, 2.75) is 19.6 Å². The zero-order valence-electron chi connectivity index (χ0n) is 12.5. The Balaban J connectivity index is 2.29. The van der Waals surface area contributed by atoms with Gasteiger partial charge in [-0.25, -0.2) is 4.39 Å². The summed E-state index contributed by atoms with van der Waals surface area (Å²) in [7, 11) is 3.43. The van der Waals surface area contributed by atoms with Gasteiger partial charge in [0.1, 0.15) is 11.6 Å². The van der Waals surface area contributed by atoms with E-state index in [9.17, 15) is 9.50 Å². The second-order valence-electron chi connectivity index (χ2n) is 5.06. The van der Waals surface area contributed by atoms with E-state index < -0.39 is 6.10 Å². The van der Waals surface area contributed by atoms with Gasteiger partial charge in [-0.2, -0.15) is 0 Å². The van der Waals surface area contributed by atoms with Crippen molar-refractivity contribution in [1.29, 1.82) is 0 Å². The van der Waals surface area contributed by atoms with E-state index >= 15 is 0 Å². The third-order valence-corrected chi connectivity index (χ3v) is 3.40. The summed E-state index contributed by atoms with van der Waals surface area (Å²) in [6, 6.07) is 12.4. The number of aliphatic hydroxyl groups is 1. The number of hydrogen-bond donors (Lipinski definition) is 1. The number of halogens is 1. The lowest BCUT2D eigenvalue weighted by Crippen LogP contribution is -2.20. The molecule has 0 radical (unpaired) electrons. The van der Waals surface area contributed by atoms with E-state index in [4.69, 9.17) is 4.74 Å². The normalized spacial score (nSPS) is 12.0. The van der Waals surface area contributed by atoms with Crippen molar-refractivity contribution in [1.82, 2.24) is 0 Å². The van der Waals surface area contributed by atoms with Crippen LogP contribution >= 0.6 is 0 Å². The van der Waals surface area contributed by atoms with Crippen LogP contribution < -0.4 is 9.64 Å². The predicted octanol–water partition coefficient (Wildman–Crippen LogP) is 3.52. The molecule has 3 nitrogen and oxygen atoms in total. The Morgan fingerprint density at radius 1 is 1.24 bits per heavy atom. The molecule has 112 valence electrons. The largest absolute Gasteiger partial charge is 0.497 e. The molecule has 4 heteroatoms. The molecule has 0 aliphatic rings. The van der Waals surface area contributed by atoms with Crippen LogP contribution in [0.25, 0.3) is 0 Å². The van der Waals surface area contributed by atoms with Crippen molar-refractivity contribution in [2.24, 2.45) is 0 Å². The highest BCUT2D eigenvalue weighted by molar-refractivity contribution is 5.55. The molecule has 0 heterocycles. The van der Waals surface area contributed by atoms with Gasteiger partial charge in [-0.05, 0) is 30.7 Å². The van der Waals surface area contributed by atoms with Gasteiger partial charge in [-0.15, -0.1) is 0 Å². The van der Waals surface area contributed by atoms with Gasteiger partial charge >= 0.3 is 0 Å². The molecule has 0 aliphatic carbocycles. The van der Waals surface area contributed by atoms with Crippen LogP contribution in [0.5, 0.6) is 5.75 Å². The van der Waals surface area contributed by atoms with E-state index in [0.29, 0.717) is 17.8 Å². The molecule has 2 rings (SSSR count). The molecule has 1 atom stereocenters. The molecule has 0 aliphatic heterocycles. The Morgan fingerprint density at radius 3 is 2.62 bits per heavy atom. The van der Waals surface area contributed by atoms with E-state index in [1.54, 1.807) is 31.1 Å². The maximum absolute atomic E-state index is 14.1. The van der Waals surface area contributed by atoms with Crippen molar-refractivity contribution in [3.05, 3.63) is 59.4 Å². The Bertz CT molecular complexity index is 613. The smallest absolute Gasteiger partial charge is 0.146 e. The summed E-state index contributed by atoms with van der Waals surface area (Å²) in [5.41, 5.74) is 2.02. The molecule has 0 unspecified atom stereocenters. The summed E-state index contributed by atoms with van der Waals surface area (Å²) in [5.74, 6) is 0.434. The highest BCUT2D eigenvalue weighted by Gasteiger charge is 2.16. The first-order valence-corrected chi connectivity index (χ1v) is 6.83. The van der Waals surface area contributed by atoms with E-state index in [-0.39, 0.29) is 5.82 Å². The molecule has 21 heavy (non-hydrogen) atoms. The standard InChI is InChI=1S/C17H20FNO2/c1-12(20)15-8-5-9-16(18)17(15)19(2)11-13-6-4-7-14(10-13)21-3/h4-10,12,20H,11H2,1-3H3/t12-/m1/s1. The monoisotopic (exact) mass is 289 g/mol. The summed E-state index contributed by atoms with van der Waals surface area (Å²) >= 11 is 0. The molecule has 0 bridgehead atoms. The predicted molar refractivity (Wildman–Crippen MR) is 82.1 cm³/mol. The lowest BCUT2D eigenvalue weighted by molar-refractivity contribution is 0.199. The summed E-state index contributed by atoms with van der Waals surface area (Å²) in [6.07, 6.45) is -0.719. The highest BCUT2D eigenvalue weighted by Crippen LogP contribution is 2.29. The van der Waals surface area contributed by atoms with Crippen LogP contribution in [-0.4, -0.2) is 19.3 Å². The fourth-order valence-electron chi connectivity index (χ4n) is 2.40. The van der Waals surface area contributed by atoms with E-state index in [2.05, 4.69) is 0 Å². The fourth-order valence-corrected chi connectivity index (χ4v) is 2.40. The van der Waals surface area contributed by atoms with Crippen molar-refractivity contribution in [3.8, 4) is 5.75 Å². The SMILES string of the molecule is COc1cccc(CN(C)c2c(F)cccc2[C@@H](C)O)c1. The molecular weight excluding hydrogens is 269 g/mol. The summed E-state index contributed by atoms with van der Waals surface area (Å²) < 4.78 is 19.3. The molecular formula is C17H20FNO2. The van der Waals surface area contributed by atoms with Crippen LogP contribution in [0.15, 0.2) is 42.5 Å². The highest BCUT2D eigenvalue weighted by atomic mass is 19.1. The number of benzene rings is 2. The third-order valence-electron chi connectivity index (χ3n) is 3.40. The van der Waals surface area contributed by atoms with Gasteiger partial charge < -0.3 is 14.7 Å². The maximum Gasteiger partial charge on any atom is 0.146 e. The summed E-state index contributed by atoms with van der Waals surface area (Å²) in [5, 5.41) is 9.81. The fraction of sp³-hybridized carbons (Fsp3) is 0.294. The summed E-state index contributed by atoms with van der Waals surface area (Å²) in [4.78, 5) is 1.80. The lowest BCUT2D eigenvalue weighted by atomic mass is 10.1. The average molecular weight is 289 g/mol. The molecule has 0 saturated carbocycles. The minimum Gasteiger partial charge on any atom is -0.497 e. The zero-order valence-corrected chi connectivity index (χ0v) is 12.5.